The molecule has 114 valence electrons. The van der Waals surface area contributed by atoms with Gasteiger partial charge in [-0.25, -0.2) is 9.37 Å². The number of halogens is 1. The van der Waals surface area contributed by atoms with Crippen LogP contribution in [0.1, 0.15) is 52.5 Å². The van der Waals surface area contributed by atoms with Crippen molar-refractivity contribution < 1.29 is 4.39 Å². The van der Waals surface area contributed by atoms with Crippen LogP contribution in [0.2, 0.25) is 0 Å². The minimum Gasteiger partial charge on any atom is -0.357 e. The van der Waals surface area contributed by atoms with Crippen LogP contribution < -0.4 is 10.2 Å². The number of hydrogen-bond donors (Lipinski definition) is 1. The SMILES string of the molecule is CCCCCN(C)c1nccc(CNC(C)(C)C)c1F. The van der Waals surface area contributed by atoms with Crippen LogP contribution in [0, 0.1) is 5.82 Å². The Bertz CT molecular complexity index is 413. The van der Waals surface area contributed by atoms with Crippen LogP contribution in [0.5, 0.6) is 0 Å². The minimum atomic E-state index is -0.205. The van der Waals surface area contributed by atoms with Crippen LogP contribution in [0.25, 0.3) is 0 Å². The molecule has 0 spiro atoms. The highest BCUT2D eigenvalue weighted by Crippen LogP contribution is 2.19. The van der Waals surface area contributed by atoms with E-state index >= 15 is 0 Å². The lowest BCUT2D eigenvalue weighted by Gasteiger charge is -2.23. The monoisotopic (exact) mass is 281 g/mol. The number of pyridine rings is 1. The van der Waals surface area contributed by atoms with Gasteiger partial charge in [0.1, 0.15) is 0 Å². The number of rotatable bonds is 7. The lowest BCUT2D eigenvalue weighted by Crippen LogP contribution is -2.35. The molecule has 20 heavy (non-hydrogen) atoms. The molecule has 0 aliphatic carbocycles. The zero-order valence-electron chi connectivity index (χ0n) is 13.5. The van der Waals surface area contributed by atoms with Crippen molar-refractivity contribution in [2.45, 2.75) is 59.0 Å². The number of hydrogen-bond acceptors (Lipinski definition) is 3. The fourth-order valence-electron chi connectivity index (χ4n) is 1.94. The highest BCUT2D eigenvalue weighted by atomic mass is 19.1. The van der Waals surface area contributed by atoms with Crippen molar-refractivity contribution in [3.8, 4) is 0 Å². The predicted octanol–water partition coefficient (Wildman–Crippen LogP) is 3.74. The number of nitrogens with one attached hydrogen (secondary N) is 1. The van der Waals surface area contributed by atoms with Crippen LogP contribution in [0.15, 0.2) is 12.3 Å². The molecule has 0 aromatic carbocycles. The zero-order chi connectivity index (χ0) is 15.2. The summed E-state index contributed by atoms with van der Waals surface area (Å²) in [6, 6.07) is 1.75. The molecule has 1 N–H and O–H groups in total. The lowest BCUT2D eigenvalue weighted by molar-refractivity contribution is 0.418. The Hall–Kier alpha value is -1.16. The zero-order valence-corrected chi connectivity index (χ0v) is 13.5. The van der Waals surface area contributed by atoms with Gasteiger partial charge in [-0.3, -0.25) is 0 Å². The van der Waals surface area contributed by atoms with Crippen LogP contribution in [0.4, 0.5) is 10.2 Å². The standard InChI is InChI=1S/C16H28FN3/c1-6-7-8-11-20(5)15-14(17)13(9-10-18-15)12-19-16(2,3)4/h9-10,19H,6-8,11-12H2,1-5H3. The average Bonchev–Trinajstić information content (AvgIpc) is 2.36. The van der Waals surface area contributed by atoms with Gasteiger partial charge in [-0.1, -0.05) is 19.8 Å². The van der Waals surface area contributed by atoms with Crippen LogP contribution in [0.3, 0.4) is 0 Å². The van der Waals surface area contributed by atoms with Gasteiger partial charge in [-0.05, 0) is 33.3 Å². The van der Waals surface area contributed by atoms with E-state index in [1.165, 1.54) is 6.42 Å². The van der Waals surface area contributed by atoms with Gasteiger partial charge in [0.2, 0.25) is 0 Å². The second kappa shape index (κ2) is 7.58. The quantitative estimate of drug-likeness (QED) is 0.772. The number of nitrogens with zero attached hydrogens (tertiary/aromatic N) is 2. The van der Waals surface area contributed by atoms with Crippen LogP contribution in [-0.2, 0) is 6.54 Å². The van der Waals surface area contributed by atoms with E-state index in [0.717, 1.165) is 19.4 Å². The molecule has 0 saturated carbocycles. The van der Waals surface area contributed by atoms with E-state index < -0.39 is 0 Å². The summed E-state index contributed by atoms with van der Waals surface area (Å²) >= 11 is 0. The first-order valence-electron chi connectivity index (χ1n) is 7.44. The molecule has 1 aromatic rings. The molecule has 0 atom stereocenters. The minimum absolute atomic E-state index is 0.0249. The Balaban J connectivity index is 2.73. The molecule has 0 unspecified atom stereocenters. The Morgan fingerprint density at radius 1 is 1.30 bits per heavy atom. The lowest BCUT2D eigenvalue weighted by atomic mass is 10.1. The predicted molar refractivity (Wildman–Crippen MR) is 83.6 cm³/mol. The summed E-state index contributed by atoms with van der Waals surface area (Å²) in [7, 11) is 1.90. The van der Waals surface area contributed by atoms with E-state index in [9.17, 15) is 4.39 Å². The summed E-state index contributed by atoms with van der Waals surface area (Å²) in [4.78, 5) is 6.09. The summed E-state index contributed by atoms with van der Waals surface area (Å²) in [5, 5.41) is 3.31. The van der Waals surface area contributed by atoms with Crippen molar-refractivity contribution in [3.05, 3.63) is 23.6 Å². The molecule has 0 aliphatic rings. The topological polar surface area (TPSA) is 28.2 Å². The fourth-order valence-corrected chi connectivity index (χ4v) is 1.94. The molecule has 4 heteroatoms. The van der Waals surface area contributed by atoms with Crippen molar-refractivity contribution in [2.24, 2.45) is 0 Å². The van der Waals surface area contributed by atoms with Gasteiger partial charge in [0.15, 0.2) is 11.6 Å². The Kier molecular flexibility index (Phi) is 6.40. The molecule has 3 nitrogen and oxygen atoms in total. The molecule has 1 aromatic heterocycles. The molecular weight excluding hydrogens is 253 g/mol. The van der Waals surface area contributed by atoms with Crippen LogP contribution in [-0.4, -0.2) is 24.1 Å². The number of aromatic nitrogens is 1. The van der Waals surface area contributed by atoms with Crippen LogP contribution >= 0.6 is 0 Å². The van der Waals surface area contributed by atoms with Crippen molar-refractivity contribution in [2.75, 3.05) is 18.5 Å². The van der Waals surface area contributed by atoms with E-state index in [1.54, 1.807) is 12.3 Å². The summed E-state index contributed by atoms with van der Waals surface area (Å²) in [5.41, 5.74) is 0.648. The second-order valence-electron chi connectivity index (χ2n) is 6.34. The second-order valence-corrected chi connectivity index (χ2v) is 6.34. The maximum absolute atomic E-state index is 14.5. The van der Waals surface area contributed by atoms with Gasteiger partial charge < -0.3 is 10.2 Å². The number of anilines is 1. The van der Waals surface area contributed by atoms with E-state index in [-0.39, 0.29) is 11.4 Å². The maximum Gasteiger partial charge on any atom is 0.170 e. The maximum atomic E-state index is 14.5. The van der Waals surface area contributed by atoms with Crippen molar-refractivity contribution >= 4 is 5.82 Å². The third-order valence-corrected chi connectivity index (χ3v) is 3.22. The van der Waals surface area contributed by atoms with Gasteiger partial charge >= 0.3 is 0 Å². The molecule has 0 radical (unpaired) electrons. The van der Waals surface area contributed by atoms with Crippen molar-refractivity contribution in [3.63, 3.8) is 0 Å². The van der Waals surface area contributed by atoms with Gasteiger partial charge in [-0.15, -0.1) is 0 Å². The molecular formula is C16H28FN3. The van der Waals surface area contributed by atoms with E-state index in [2.05, 4.69) is 38.0 Å². The highest BCUT2D eigenvalue weighted by Gasteiger charge is 2.15. The summed E-state index contributed by atoms with van der Waals surface area (Å²) in [6.07, 6.45) is 5.09. The molecule has 0 bridgehead atoms. The first-order valence-corrected chi connectivity index (χ1v) is 7.44. The fraction of sp³-hybridized carbons (Fsp3) is 0.688. The molecule has 1 rings (SSSR count). The molecule has 0 fully saturated rings. The first-order chi connectivity index (χ1) is 9.35. The number of unbranched alkanes of at least 4 members (excludes halogenated alkanes) is 2. The highest BCUT2D eigenvalue weighted by molar-refractivity contribution is 5.42. The summed E-state index contributed by atoms with van der Waals surface area (Å²) in [6.45, 7) is 9.75. The molecule has 0 aliphatic heterocycles. The normalized spacial score (nSPS) is 11.7. The summed E-state index contributed by atoms with van der Waals surface area (Å²) in [5.74, 6) is 0.248. The third-order valence-electron chi connectivity index (χ3n) is 3.22. The van der Waals surface area contributed by atoms with E-state index in [0.29, 0.717) is 17.9 Å². The van der Waals surface area contributed by atoms with Crippen molar-refractivity contribution in [1.82, 2.24) is 10.3 Å². The largest absolute Gasteiger partial charge is 0.357 e. The average molecular weight is 281 g/mol. The van der Waals surface area contributed by atoms with E-state index in [1.807, 2.05) is 11.9 Å². The molecule has 1 heterocycles. The third kappa shape index (κ3) is 5.45. The molecule has 0 amide bonds. The van der Waals surface area contributed by atoms with Gasteiger partial charge in [0, 0.05) is 37.4 Å². The Morgan fingerprint density at radius 3 is 2.60 bits per heavy atom. The van der Waals surface area contributed by atoms with Crippen molar-refractivity contribution in [1.29, 1.82) is 0 Å². The Labute approximate surface area is 122 Å². The molecule has 0 saturated heterocycles. The summed E-state index contributed by atoms with van der Waals surface area (Å²) < 4.78 is 14.5. The van der Waals surface area contributed by atoms with Gasteiger partial charge in [0.05, 0.1) is 0 Å². The van der Waals surface area contributed by atoms with E-state index in [4.69, 9.17) is 0 Å². The Morgan fingerprint density at radius 2 is 2.00 bits per heavy atom. The van der Waals surface area contributed by atoms with Gasteiger partial charge in [-0.2, -0.15) is 0 Å². The smallest absolute Gasteiger partial charge is 0.170 e. The first kappa shape index (κ1) is 16.9. The van der Waals surface area contributed by atoms with Gasteiger partial charge in [0.25, 0.3) is 0 Å².